The van der Waals surface area contributed by atoms with Crippen LogP contribution in [0.5, 0.6) is 5.75 Å². The first-order chi connectivity index (χ1) is 9.83. The highest BCUT2D eigenvalue weighted by Gasteiger charge is 2.17. The zero-order valence-corrected chi connectivity index (χ0v) is 13.1. The van der Waals surface area contributed by atoms with Crippen LogP contribution in [0.2, 0.25) is 0 Å². The Hall–Kier alpha value is -0.710. The Labute approximate surface area is 126 Å². The Bertz CT molecular complexity index is 394. The second-order valence-electron chi connectivity index (χ2n) is 5.47. The van der Waals surface area contributed by atoms with Crippen LogP contribution in [-0.2, 0) is 6.42 Å². The molecule has 4 heteroatoms. The average Bonchev–Trinajstić information content (AvgIpc) is 2.52. The normalized spacial score (nSPS) is 17.9. The standard InChI is InChI=1S/C16H26N2OS/c1-19-16-10-6-5-7-13(16)11-14(18-17)12-20-15-8-3-2-4-9-15/h5-7,10,14-15,18H,2-4,8-9,11-12,17H2,1H3. The molecule has 0 bridgehead atoms. The molecule has 1 saturated carbocycles. The summed E-state index contributed by atoms with van der Waals surface area (Å²) in [4.78, 5) is 0. The van der Waals surface area contributed by atoms with Gasteiger partial charge in [-0.1, -0.05) is 37.5 Å². The third-order valence-electron chi connectivity index (χ3n) is 3.98. The van der Waals surface area contributed by atoms with E-state index in [1.54, 1.807) is 7.11 Å². The second kappa shape index (κ2) is 8.55. The van der Waals surface area contributed by atoms with Crippen molar-refractivity contribution in [1.29, 1.82) is 0 Å². The molecule has 1 aliphatic carbocycles. The van der Waals surface area contributed by atoms with Gasteiger partial charge in [-0.25, -0.2) is 0 Å². The highest BCUT2D eigenvalue weighted by Crippen LogP contribution is 2.29. The predicted octanol–water partition coefficient (Wildman–Crippen LogP) is 3.14. The van der Waals surface area contributed by atoms with Crippen molar-refractivity contribution in [2.45, 2.75) is 49.8 Å². The van der Waals surface area contributed by atoms with E-state index >= 15 is 0 Å². The van der Waals surface area contributed by atoms with Crippen molar-refractivity contribution in [3.8, 4) is 5.75 Å². The van der Waals surface area contributed by atoms with Crippen LogP contribution in [0.25, 0.3) is 0 Å². The first-order valence-electron chi connectivity index (χ1n) is 7.53. The zero-order valence-electron chi connectivity index (χ0n) is 12.3. The summed E-state index contributed by atoms with van der Waals surface area (Å²) in [5.74, 6) is 7.75. The van der Waals surface area contributed by atoms with E-state index in [-0.39, 0.29) is 0 Å². The number of hydrogen-bond acceptors (Lipinski definition) is 4. The average molecular weight is 294 g/mol. The van der Waals surface area contributed by atoms with Gasteiger partial charge in [-0.3, -0.25) is 11.3 Å². The SMILES string of the molecule is COc1ccccc1CC(CSC1CCCCC1)NN. The fourth-order valence-electron chi connectivity index (χ4n) is 2.79. The minimum absolute atomic E-state index is 0.304. The summed E-state index contributed by atoms with van der Waals surface area (Å²) in [5.41, 5.74) is 4.19. The first-order valence-corrected chi connectivity index (χ1v) is 8.58. The van der Waals surface area contributed by atoms with Gasteiger partial charge in [0.2, 0.25) is 0 Å². The van der Waals surface area contributed by atoms with Gasteiger partial charge >= 0.3 is 0 Å². The Morgan fingerprint density at radius 2 is 2.05 bits per heavy atom. The lowest BCUT2D eigenvalue weighted by Gasteiger charge is -2.24. The lowest BCUT2D eigenvalue weighted by atomic mass is 10.0. The number of nitrogens with two attached hydrogens (primary N) is 1. The van der Waals surface area contributed by atoms with E-state index < -0.39 is 0 Å². The summed E-state index contributed by atoms with van der Waals surface area (Å²) < 4.78 is 5.41. The lowest BCUT2D eigenvalue weighted by molar-refractivity contribution is 0.406. The molecule has 20 heavy (non-hydrogen) atoms. The maximum absolute atomic E-state index is 5.72. The molecule has 1 aromatic carbocycles. The topological polar surface area (TPSA) is 47.3 Å². The number of ether oxygens (including phenoxy) is 1. The number of nitrogens with one attached hydrogen (secondary N) is 1. The molecule has 3 N–H and O–H groups in total. The zero-order chi connectivity index (χ0) is 14.2. The van der Waals surface area contributed by atoms with Crippen molar-refractivity contribution in [3.63, 3.8) is 0 Å². The molecule has 2 rings (SSSR count). The molecule has 0 saturated heterocycles. The number of benzene rings is 1. The summed E-state index contributed by atoms with van der Waals surface area (Å²) in [6.45, 7) is 0. The van der Waals surface area contributed by atoms with Crippen LogP contribution in [0.15, 0.2) is 24.3 Å². The number of thioether (sulfide) groups is 1. The Balaban J connectivity index is 1.84. The molecular formula is C16H26N2OS. The van der Waals surface area contributed by atoms with E-state index in [4.69, 9.17) is 10.6 Å². The molecule has 0 amide bonds. The van der Waals surface area contributed by atoms with Gasteiger partial charge in [0.05, 0.1) is 7.11 Å². The number of hydrazine groups is 1. The van der Waals surface area contributed by atoms with E-state index in [9.17, 15) is 0 Å². The molecule has 1 fully saturated rings. The van der Waals surface area contributed by atoms with Crippen molar-refractivity contribution in [2.24, 2.45) is 5.84 Å². The molecule has 1 atom stereocenters. The van der Waals surface area contributed by atoms with E-state index in [1.807, 2.05) is 12.1 Å². The van der Waals surface area contributed by atoms with Crippen LogP contribution in [0.3, 0.4) is 0 Å². The molecule has 1 unspecified atom stereocenters. The van der Waals surface area contributed by atoms with Crippen molar-refractivity contribution in [2.75, 3.05) is 12.9 Å². The third-order valence-corrected chi connectivity index (χ3v) is 5.52. The Morgan fingerprint density at radius 3 is 2.75 bits per heavy atom. The lowest BCUT2D eigenvalue weighted by Crippen LogP contribution is -2.39. The summed E-state index contributed by atoms with van der Waals surface area (Å²) in [6.07, 6.45) is 7.86. The molecule has 112 valence electrons. The minimum Gasteiger partial charge on any atom is -0.496 e. The van der Waals surface area contributed by atoms with Crippen molar-refractivity contribution >= 4 is 11.8 Å². The van der Waals surface area contributed by atoms with E-state index in [1.165, 1.54) is 37.7 Å². The number of rotatable bonds is 7. The van der Waals surface area contributed by atoms with Crippen LogP contribution in [0.1, 0.15) is 37.7 Å². The second-order valence-corrected chi connectivity index (χ2v) is 6.81. The molecule has 0 aromatic heterocycles. The third kappa shape index (κ3) is 4.69. The van der Waals surface area contributed by atoms with Crippen molar-refractivity contribution in [3.05, 3.63) is 29.8 Å². The molecule has 0 aliphatic heterocycles. The van der Waals surface area contributed by atoms with E-state index in [0.29, 0.717) is 6.04 Å². The fourth-order valence-corrected chi connectivity index (χ4v) is 4.17. The molecule has 0 spiro atoms. The Kier molecular flexibility index (Phi) is 6.70. The first kappa shape index (κ1) is 15.7. The Morgan fingerprint density at radius 1 is 1.30 bits per heavy atom. The van der Waals surface area contributed by atoms with Gasteiger partial charge in [-0.05, 0) is 30.9 Å². The van der Waals surface area contributed by atoms with E-state index in [0.717, 1.165) is 23.2 Å². The maximum atomic E-state index is 5.72. The van der Waals surface area contributed by atoms with Crippen LogP contribution in [-0.4, -0.2) is 24.2 Å². The number of hydrogen-bond donors (Lipinski definition) is 2. The van der Waals surface area contributed by atoms with Crippen molar-refractivity contribution < 1.29 is 4.74 Å². The van der Waals surface area contributed by atoms with Gasteiger partial charge in [0, 0.05) is 17.0 Å². The summed E-state index contributed by atoms with van der Waals surface area (Å²) in [5, 5.41) is 0.831. The fraction of sp³-hybridized carbons (Fsp3) is 0.625. The number of methoxy groups -OCH3 is 1. The highest BCUT2D eigenvalue weighted by molar-refractivity contribution is 7.99. The van der Waals surface area contributed by atoms with E-state index in [2.05, 4.69) is 29.3 Å². The van der Waals surface area contributed by atoms with Crippen molar-refractivity contribution in [1.82, 2.24) is 5.43 Å². The summed E-state index contributed by atoms with van der Waals surface area (Å²) in [7, 11) is 1.72. The molecular weight excluding hydrogens is 268 g/mol. The maximum Gasteiger partial charge on any atom is 0.122 e. The number of para-hydroxylation sites is 1. The molecule has 0 radical (unpaired) electrons. The largest absolute Gasteiger partial charge is 0.496 e. The molecule has 0 heterocycles. The highest BCUT2D eigenvalue weighted by atomic mass is 32.2. The van der Waals surface area contributed by atoms with Gasteiger partial charge in [0.25, 0.3) is 0 Å². The quantitative estimate of drug-likeness (QED) is 0.599. The minimum atomic E-state index is 0.304. The van der Waals surface area contributed by atoms with Crippen LogP contribution >= 0.6 is 11.8 Å². The predicted molar refractivity (Wildman–Crippen MR) is 87.1 cm³/mol. The summed E-state index contributed by atoms with van der Waals surface area (Å²) in [6, 6.07) is 8.49. The monoisotopic (exact) mass is 294 g/mol. The van der Waals surface area contributed by atoms with Crippen LogP contribution in [0, 0.1) is 0 Å². The van der Waals surface area contributed by atoms with Gasteiger partial charge < -0.3 is 4.74 Å². The molecule has 1 aromatic rings. The smallest absolute Gasteiger partial charge is 0.122 e. The van der Waals surface area contributed by atoms with Gasteiger partial charge in [-0.2, -0.15) is 11.8 Å². The van der Waals surface area contributed by atoms with Gasteiger partial charge in [0.15, 0.2) is 0 Å². The van der Waals surface area contributed by atoms with Crippen LogP contribution < -0.4 is 16.0 Å². The summed E-state index contributed by atoms with van der Waals surface area (Å²) >= 11 is 2.08. The molecule has 1 aliphatic rings. The van der Waals surface area contributed by atoms with Crippen LogP contribution in [0.4, 0.5) is 0 Å². The van der Waals surface area contributed by atoms with Gasteiger partial charge in [-0.15, -0.1) is 0 Å². The van der Waals surface area contributed by atoms with Gasteiger partial charge in [0.1, 0.15) is 5.75 Å². The molecule has 3 nitrogen and oxygen atoms in total.